The molecule has 0 radical (unpaired) electrons. The van der Waals surface area contributed by atoms with E-state index in [0.29, 0.717) is 40.2 Å². The zero-order valence-electron chi connectivity index (χ0n) is 15.4. The van der Waals surface area contributed by atoms with Crippen molar-refractivity contribution in [3.05, 3.63) is 57.6 Å². The van der Waals surface area contributed by atoms with Gasteiger partial charge in [0, 0.05) is 38.8 Å². The summed E-state index contributed by atoms with van der Waals surface area (Å²) in [6.45, 7) is 3.70. The van der Waals surface area contributed by atoms with Crippen LogP contribution >= 0.6 is 23.2 Å². The van der Waals surface area contributed by atoms with Crippen LogP contribution in [0.5, 0.6) is 11.5 Å². The molecule has 0 bridgehead atoms. The summed E-state index contributed by atoms with van der Waals surface area (Å²) < 4.78 is 10.6. The first-order valence-electron chi connectivity index (χ1n) is 8.69. The van der Waals surface area contributed by atoms with Crippen molar-refractivity contribution < 1.29 is 14.3 Å². The Kier molecular flexibility index (Phi) is 6.47. The van der Waals surface area contributed by atoms with E-state index in [9.17, 15) is 4.79 Å². The van der Waals surface area contributed by atoms with Gasteiger partial charge < -0.3 is 14.4 Å². The van der Waals surface area contributed by atoms with E-state index in [1.165, 1.54) is 0 Å². The second-order valence-corrected chi connectivity index (χ2v) is 7.20. The van der Waals surface area contributed by atoms with E-state index >= 15 is 0 Å². The maximum absolute atomic E-state index is 12.9. The van der Waals surface area contributed by atoms with Gasteiger partial charge in [0.15, 0.2) is 0 Å². The van der Waals surface area contributed by atoms with Crippen molar-refractivity contribution in [2.75, 3.05) is 40.4 Å². The summed E-state index contributed by atoms with van der Waals surface area (Å²) in [6, 6.07) is 10.9. The molecule has 1 aliphatic heterocycles. The monoisotopic (exact) mass is 408 g/mol. The molecule has 1 aliphatic rings. The molecule has 0 saturated carbocycles. The molecule has 1 heterocycles. The summed E-state index contributed by atoms with van der Waals surface area (Å²) in [5.74, 6) is 1.16. The molecular weight excluding hydrogens is 387 g/mol. The number of ether oxygens (including phenoxy) is 2. The van der Waals surface area contributed by atoms with Crippen LogP contribution in [0, 0.1) is 0 Å². The molecule has 27 heavy (non-hydrogen) atoms. The number of halogens is 2. The number of rotatable bonds is 5. The van der Waals surface area contributed by atoms with Crippen LogP contribution < -0.4 is 9.47 Å². The Morgan fingerprint density at radius 2 is 1.70 bits per heavy atom. The first kappa shape index (κ1) is 19.8. The van der Waals surface area contributed by atoms with Crippen LogP contribution in [0.4, 0.5) is 0 Å². The summed E-state index contributed by atoms with van der Waals surface area (Å²) >= 11 is 12.1. The first-order chi connectivity index (χ1) is 13.0. The molecule has 2 aromatic carbocycles. The number of piperazine rings is 1. The molecule has 3 rings (SSSR count). The standard InChI is InChI=1S/C20H22Cl2N2O3/c1-26-15-4-5-16(19(12-15)27-2)20(25)24-9-7-23(8-10-24)13-14-3-6-17(21)18(22)11-14/h3-6,11-12H,7-10,13H2,1-2H3. The molecule has 0 aromatic heterocycles. The molecule has 0 atom stereocenters. The minimum atomic E-state index is -0.0244. The normalized spacial score (nSPS) is 14.9. The summed E-state index contributed by atoms with van der Waals surface area (Å²) in [5.41, 5.74) is 1.66. The van der Waals surface area contributed by atoms with Gasteiger partial charge in [-0.2, -0.15) is 0 Å². The zero-order valence-corrected chi connectivity index (χ0v) is 16.9. The van der Waals surface area contributed by atoms with Crippen molar-refractivity contribution in [1.29, 1.82) is 0 Å². The first-order valence-corrected chi connectivity index (χ1v) is 9.45. The highest BCUT2D eigenvalue weighted by atomic mass is 35.5. The van der Waals surface area contributed by atoms with Crippen molar-refractivity contribution in [3.63, 3.8) is 0 Å². The van der Waals surface area contributed by atoms with Crippen LogP contribution in [0.2, 0.25) is 10.0 Å². The molecule has 0 spiro atoms. The second-order valence-electron chi connectivity index (χ2n) is 6.38. The molecule has 5 nitrogen and oxygen atoms in total. The number of carbonyl (C=O) groups excluding carboxylic acids is 1. The Labute approximate surface area is 169 Å². The molecule has 1 fully saturated rings. The number of amides is 1. The summed E-state index contributed by atoms with van der Waals surface area (Å²) in [5, 5.41) is 1.12. The Balaban J connectivity index is 1.61. The molecule has 2 aromatic rings. The number of hydrogen-bond donors (Lipinski definition) is 0. The lowest BCUT2D eigenvalue weighted by molar-refractivity contribution is 0.0625. The van der Waals surface area contributed by atoms with Crippen molar-refractivity contribution >= 4 is 29.1 Å². The maximum Gasteiger partial charge on any atom is 0.257 e. The third kappa shape index (κ3) is 4.67. The Morgan fingerprint density at radius 3 is 2.33 bits per heavy atom. The number of nitrogens with zero attached hydrogens (tertiary/aromatic N) is 2. The quantitative estimate of drug-likeness (QED) is 0.750. The van der Waals surface area contributed by atoms with Gasteiger partial charge in [-0.15, -0.1) is 0 Å². The minimum Gasteiger partial charge on any atom is -0.497 e. The summed E-state index contributed by atoms with van der Waals surface area (Å²) in [6.07, 6.45) is 0. The van der Waals surface area contributed by atoms with Gasteiger partial charge in [-0.25, -0.2) is 0 Å². The Bertz CT molecular complexity index is 821. The second kappa shape index (κ2) is 8.83. The predicted octanol–water partition coefficient (Wildman–Crippen LogP) is 3.97. The lowest BCUT2D eigenvalue weighted by Crippen LogP contribution is -2.48. The van der Waals surface area contributed by atoms with Crippen LogP contribution in [0.3, 0.4) is 0 Å². The molecule has 0 aliphatic carbocycles. The summed E-state index contributed by atoms with van der Waals surface area (Å²) in [4.78, 5) is 17.0. The van der Waals surface area contributed by atoms with E-state index in [4.69, 9.17) is 32.7 Å². The minimum absolute atomic E-state index is 0.0244. The van der Waals surface area contributed by atoms with Crippen LogP contribution in [0.1, 0.15) is 15.9 Å². The largest absolute Gasteiger partial charge is 0.497 e. The highest BCUT2D eigenvalue weighted by Gasteiger charge is 2.24. The fraction of sp³-hybridized carbons (Fsp3) is 0.350. The number of carbonyl (C=O) groups is 1. The topological polar surface area (TPSA) is 42.0 Å². The SMILES string of the molecule is COc1ccc(C(=O)N2CCN(Cc3ccc(Cl)c(Cl)c3)CC2)c(OC)c1. The third-order valence-electron chi connectivity index (χ3n) is 4.69. The lowest BCUT2D eigenvalue weighted by atomic mass is 10.1. The molecule has 144 valence electrons. The van der Waals surface area contributed by atoms with Crippen molar-refractivity contribution in [1.82, 2.24) is 9.80 Å². The van der Waals surface area contributed by atoms with Crippen LogP contribution in [-0.2, 0) is 6.54 Å². The summed E-state index contributed by atoms with van der Waals surface area (Å²) in [7, 11) is 3.14. The highest BCUT2D eigenvalue weighted by Crippen LogP contribution is 2.27. The van der Waals surface area contributed by atoms with Crippen LogP contribution in [0.25, 0.3) is 0 Å². The third-order valence-corrected chi connectivity index (χ3v) is 5.43. The lowest BCUT2D eigenvalue weighted by Gasteiger charge is -2.35. The van der Waals surface area contributed by atoms with E-state index in [1.807, 2.05) is 23.1 Å². The van der Waals surface area contributed by atoms with Gasteiger partial charge in [-0.3, -0.25) is 9.69 Å². The van der Waals surface area contributed by atoms with Gasteiger partial charge in [0.2, 0.25) is 0 Å². The van der Waals surface area contributed by atoms with E-state index in [0.717, 1.165) is 25.2 Å². The molecular formula is C20H22Cl2N2O3. The smallest absolute Gasteiger partial charge is 0.257 e. The van der Waals surface area contributed by atoms with Crippen LogP contribution in [-0.4, -0.2) is 56.1 Å². The van der Waals surface area contributed by atoms with Crippen LogP contribution in [0.15, 0.2) is 36.4 Å². The van der Waals surface area contributed by atoms with Crippen molar-refractivity contribution in [3.8, 4) is 11.5 Å². The van der Waals surface area contributed by atoms with Gasteiger partial charge in [0.05, 0.1) is 29.8 Å². The highest BCUT2D eigenvalue weighted by molar-refractivity contribution is 6.42. The average Bonchev–Trinajstić information content (AvgIpc) is 2.70. The molecule has 1 saturated heterocycles. The maximum atomic E-state index is 12.9. The Hall–Kier alpha value is -1.95. The molecule has 0 unspecified atom stereocenters. The molecule has 0 N–H and O–H groups in total. The fourth-order valence-electron chi connectivity index (χ4n) is 3.15. The predicted molar refractivity (Wildman–Crippen MR) is 107 cm³/mol. The fourth-order valence-corrected chi connectivity index (χ4v) is 3.47. The van der Waals surface area contributed by atoms with Gasteiger partial charge in [0.1, 0.15) is 11.5 Å². The average molecular weight is 409 g/mol. The van der Waals surface area contributed by atoms with Crippen molar-refractivity contribution in [2.24, 2.45) is 0 Å². The van der Waals surface area contributed by atoms with E-state index < -0.39 is 0 Å². The van der Waals surface area contributed by atoms with Gasteiger partial charge in [-0.1, -0.05) is 29.3 Å². The van der Waals surface area contributed by atoms with Crippen molar-refractivity contribution in [2.45, 2.75) is 6.54 Å². The molecule has 7 heteroatoms. The van der Waals surface area contributed by atoms with E-state index in [1.54, 1.807) is 32.4 Å². The van der Waals surface area contributed by atoms with E-state index in [-0.39, 0.29) is 5.91 Å². The zero-order chi connectivity index (χ0) is 19.4. The van der Waals surface area contributed by atoms with Gasteiger partial charge in [0.25, 0.3) is 5.91 Å². The van der Waals surface area contributed by atoms with E-state index in [2.05, 4.69) is 4.90 Å². The number of benzene rings is 2. The van der Waals surface area contributed by atoms with Gasteiger partial charge >= 0.3 is 0 Å². The van der Waals surface area contributed by atoms with Gasteiger partial charge in [-0.05, 0) is 29.8 Å². The number of methoxy groups -OCH3 is 2. The molecule has 1 amide bonds. The Morgan fingerprint density at radius 1 is 0.963 bits per heavy atom. The number of hydrogen-bond acceptors (Lipinski definition) is 4.